The van der Waals surface area contributed by atoms with Crippen LogP contribution in [0.1, 0.15) is 84.1 Å². The van der Waals surface area contributed by atoms with Gasteiger partial charge in [-0.05, 0) is 258 Å². The van der Waals surface area contributed by atoms with Crippen molar-refractivity contribution < 1.29 is 13.5 Å². The van der Waals surface area contributed by atoms with Crippen LogP contribution in [0.3, 0.4) is 0 Å². The minimum Gasteiger partial charge on any atom is -0.497 e. The number of benzene rings is 5. The number of imidazole rings is 5. The van der Waals surface area contributed by atoms with Crippen LogP contribution in [0.2, 0.25) is 5.02 Å². The summed E-state index contributed by atoms with van der Waals surface area (Å²) in [6, 6.07) is 69.1. The summed E-state index contributed by atoms with van der Waals surface area (Å²) in [4.78, 5) is 82.1. The molecule has 15 aromatic heterocycles. The SMILES string of the molecule is COc1ccc(Cc2cnc3ccc(-c4cc(C)c(=O)n(C)c4)cn23)cc1.Cc1cc(-c2ccc3ncc(Cc4ccc(Cl)cc4)n3c2)cn(C)c1=O.Cc1cc(-c2ccc3ncc(Cc4ccc(F)cc4)n3c2)cn(C)c1=O.Cc1cc(-c2ccc3ncc(Cc4cccc(F)c4)n3c2)cn(C)c1=O.Cc1cc(-c2ccc3ncc(Cc4ccccc4)n3c2)cn(C)c1=O. The molecule has 0 fully saturated rings. The Morgan fingerprint density at radius 3 is 0.792 bits per heavy atom. The molecule has 5 aromatic carbocycles. The van der Waals surface area contributed by atoms with E-state index < -0.39 is 0 Å². The Hall–Kier alpha value is -15.8. The number of rotatable bonds is 16. The predicted molar refractivity (Wildman–Crippen MR) is 511 cm³/mol. The van der Waals surface area contributed by atoms with Crippen LogP contribution in [-0.4, -0.2) is 76.9 Å². The molecule has 20 aromatic rings. The second-order valence-electron chi connectivity index (χ2n) is 32.7. The third-order valence-electron chi connectivity index (χ3n) is 23.0. The molecule has 15 heterocycles. The van der Waals surface area contributed by atoms with Crippen LogP contribution >= 0.6 is 11.6 Å². The van der Waals surface area contributed by atoms with Crippen molar-refractivity contribution in [2.45, 2.75) is 66.7 Å². The van der Waals surface area contributed by atoms with Gasteiger partial charge in [0.05, 0.1) is 7.11 Å². The Morgan fingerprint density at radius 1 is 0.269 bits per heavy atom. The maximum Gasteiger partial charge on any atom is 0.253 e. The molecule has 0 radical (unpaired) electrons. The fourth-order valence-corrected chi connectivity index (χ4v) is 16.2. The van der Waals surface area contributed by atoms with E-state index in [0.29, 0.717) is 24.0 Å². The fourth-order valence-electron chi connectivity index (χ4n) is 16.1. The minimum absolute atomic E-state index is 0.00394. The van der Waals surface area contributed by atoms with Gasteiger partial charge in [-0.2, -0.15) is 0 Å². The topological polar surface area (TPSA) is 206 Å². The van der Waals surface area contributed by atoms with Crippen molar-refractivity contribution in [1.82, 2.24) is 69.8 Å². The normalized spacial score (nSPS) is 11.2. The van der Waals surface area contributed by atoms with Crippen molar-refractivity contribution in [2.24, 2.45) is 35.2 Å². The summed E-state index contributed by atoms with van der Waals surface area (Å²) in [6.45, 7) is 9.17. The van der Waals surface area contributed by atoms with Crippen LogP contribution in [-0.2, 0) is 67.3 Å². The Labute approximate surface area is 752 Å². The van der Waals surface area contributed by atoms with Gasteiger partial charge in [0.2, 0.25) is 0 Å². The van der Waals surface area contributed by atoms with E-state index in [4.69, 9.17) is 16.3 Å². The van der Waals surface area contributed by atoms with Crippen molar-refractivity contribution in [2.75, 3.05) is 7.11 Å². The highest BCUT2D eigenvalue weighted by Crippen LogP contribution is 2.30. The maximum absolute atomic E-state index is 13.5. The van der Waals surface area contributed by atoms with Gasteiger partial charge in [0.25, 0.3) is 27.8 Å². The van der Waals surface area contributed by atoms with Crippen LogP contribution < -0.4 is 32.5 Å². The average Bonchev–Trinajstić information content (AvgIpc) is 1.71. The zero-order chi connectivity index (χ0) is 91.1. The van der Waals surface area contributed by atoms with Crippen molar-refractivity contribution in [1.29, 1.82) is 0 Å². The lowest BCUT2D eigenvalue weighted by molar-refractivity contribution is 0.414. The first-order chi connectivity index (χ1) is 62.7. The van der Waals surface area contributed by atoms with Crippen molar-refractivity contribution >= 4 is 39.8 Å². The highest BCUT2D eigenvalue weighted by Gasteiger charge is 2.17. The Kier molecular flexibility index (Phi) is 25.8. The van der Waals surface area contributed by atoms with Crippen molar-refractivity contribution in [3.63, 3.8) is 0 Å². The van der Waals surface area contributed by atoms with Crippen molar-refractivity contribution in [3.8, 4) is 61.4 Å². The predicted octanol–water partition coefficient (Wildman–Crippen LogP) is 18.9. The van der Waals surface area contributed by atoms with Gasteiger partial charge >= 0.3 is 0 Å². The lowest BCUT2D eigenvalue weighted by Crippen LogP contribution is -2.18. The van der Waals surface area contributed by atoms with Gasteiger partial charge < -0.3 is 49.6 Å². The molecule has 0 aliphatic rings. The number of halogens is 3. The minimum atomic E-state index is -0.238. The summed E-state index contributed by atoms with van der Waals surface area (Å²) in [5.74, 6) is 0.376. The smallest absolute Gasteiger partial charge is 0.253 e. The summed E-state index contributed by atoms with van der Waals surface area (Å²) in [5, 5.41) is 0.735. The van der Waals surface area contributed by atoms with Gasteiger partial charge in [0, 0.05) is 222 Å². The van der Waals surface area contributed by atoms with Gasteiger partial charge in [0.15, 0.2) is 0 Å². The molecule has 650 valence electrons. The van der Waals surface area contributed by atoms with E-state index in [2.05, 4.69) is 93.1 Å². The quantitative estimate of drug-likeness (QED) is 0.0889. The zero-order valence-electron chi connectivity index (χ0n) is 73.8. The number of hydrogen-bond donors (Lipinski definition) is 0. The van der Waals surface area contributed by atoms with Gasteiger partial charge in [-0.3, -0.25) is 24.0 Å². The summed E-state index contributed by atoms with van der Waals surface area (Å²) >= 11 is 5.97. The zero-order valence-corrected chi connectivity index (χ0v) is 74.5. The second-order valence-corrected chi connectivity index (χ2v) is 33.2. The monoisotopic (exact) mass is 1750 g/mol. The molecule has 0 aliphatic heterocycles. The summed E-state index contributed by atoms with van der Waals surface area (Å²) in [6.07, 6.45) is 32.6. The van der Waals surface area contributed by atoms with Gasteiger partial charge in [-0.25, -0.2) is 33.7 Å². The molecule has 0 aliphatic carbocycles. The molecular weight excluding hydrogens is 1650 g/mol. The third-order valence-corrected chi connectivity index (χ3v) is 23.3. The van der Waals surface area contributed by atoms with Gasteiger partial charge in [-0.15, -0.1) is 0 Å². The number of aromatic nitrogens is 15. The lowest BCUT2D eigenvalue weighted by atomic mass is 10.1. The first-order valence-electron chi connectivity index (χ1n) is 42.3. The molecule has 21 nitrogen and oxygen atoms in total. The first-order valence-corrected chi connectivity index (χ1v) is 42.7. The maximum atomic E-state index is 13.5. The van der Waals surface area contributed by atoms with E-state index in [1.54, 1.807) is 89.4 Å². The standard InChI is InChI=1S/C22H21N3O2.C21H18ClN3O.2C21H18FN3O.C21H19N3O/c1-15-10-18(13-24(2)22(15)26)17-6-9-21-23-12-19(25(21)14-17)11-16-4-7-20(27-3)8-5-16;2*1-14-9-17(12-24(2)21(14)26)16-5-8-20-23-11-19(25(20)13-16)10-15-3-6-18(22)7-4-15;1-14-8-17(12-24(2)21(14)26)16-6-7-20-23-11-19(25(20)13-16)10-15-4-3-5-18(22)9-15;1-15-10-18(13-23(2)21(15)25)17-8-9-20-22-12-19(24(20)14-17)11-16-6-4-3-5-7-16/h4-10,12-14H,11H2,1-3H3;3*3-9,11-13H,10H2,1-2H3;3-10,12-14H,11H2,1-2H3. The highest BCUT2D eigenvalue weighted by atomic mass is 35.5. The first kappa shape index (κ1) is 87.7. The Bertz CT molecular complexity index is 7610. The fraction of sp³-hybridized carbons (Fsp3) is 0.151. The average molecular weight is 1750 g/mol. The molecule has 24 heteroatoms. The number of ether oxygens (including phenoxy) is 1. The Morgan fingerprint density at radius 2 is 0.523 bits per heavy atom. The van der Waals surface area contributed by atoms with E-state index in [1.807, 2.05) is 257 Å². The molecule has 0 bridgehead atoms. The number of hydrogen-bond acceptors (Lipinski definition) is 11. The van der Waals surface area contributed by atoms with Crippen LogP contribution in [0.15, 0.2) is 335 Å². The van der Waals surface area contributed by atoms with E-state index in [9.17, 15) is 32.8 Å². The van der Waals surface area contributed by atoms with Gasteiger partial charge in [0.1, 0.15) is 45.6 Å². The van der Waals surface area contributed by atoms with Crippen molar-refractivity contribution in [3.05, 3.63) is 464 Å². The molecule has 0 N–H and O–H groups in total. The number of fused-ring (bicyclic) bond motifs is 5. The summed E-state index contributed by atoms with van der Waals surface area (Å²) < 4.78 is 50.3. The molecule has 0 spiro atoms. The highest BCUT2D eigenvalue weighted by molar-refractivity contribution is 6.30. The molecule has 0 saturated heterocycles. The second kappa shape index (κ2) is 38.2. The Balaban J connectivity index is 0.000000119. The number of pyridine rings is 10. The summed E-state index contributed by atoms with van der Waals surface area (Å²) in [5.41, 5.74) is 29.3. The van der Waals surface area contributed by atoms with Crippen LogP contribution in [0.4, 0.5) is 8.78 Å². The molecule has 130 heavy (non-hydrogen) atoms. The van der Waals surface area contributed by atoms with E-state index in [0.717, 1.165) is 170 Å². The molecule has 0 atom stereocenters. The van der Waals surface area contributed by atoms with E-state index in [1.165, 1.54) is 34.9 Å². The molecule has 20 rings (SSSR count). The molecule has 0 unspecified atom stereocenters. The molecule has 0 saturated carbocycles. The largest absolute Gasteiger partial charge is 0.497 e. The van der Waals surface area contributed by atoms with Crippen LogP contribution in [0, 0.1) is 46.3 Å². The van der Waals surface area contributed by atoms with Crippen LogP contribution in [0.25, 0.3) is 83.9 Å². The number of methoxy groups -OCH3 is 1. The third kappa shape index (κ3) is 19.9. The van der Waals surface area contributed by atoms with Gasteiger partial charge in [-0.1, -0.05) is 90.5 Å². The van der Waals surface area contributed by atoms with E-state index >= 15 is 0 Å². The van der Waals surface area contributed by atoms with Crippen LogP contribution in [0.5, 0.6) is 5.75 Å². The summed E-state index contributed by atoms with van der Waals surface area (Å²) in [7, 11) is 10.5. The molecule has 0 amide bonds. The molecular formula is C106H94ClF2N15O6. The van der Waals surface area contributed by atoms with E-state index in [-0.39, 0.29) is 39.4 Å². The lowest BCUT2D eigenvalue weighted by Gasteiger charge is -2.09. The number of nitrogens with zero attached hydrogens (tertiary/aromatic N) is 15. The number of aryl methyl sites for hydroxylation is 10.